The van der Waals surface area contributed by atoms with Gasteiger partial charge in [0.1, 0.15) is 5.38 Å². The molecule has 0 aliphatic carbocycles. The summed E-state index contributed by atoms with van der Waals surface area (Å²) in [5.74, 6) is -1.40. The molecule has 1 aliphatic heterocycles. The highest BCUT2D eigenvalue weighted by atomic mass is 35.5. The molecule has 0 radical (unpaired) electrons. The summed E-state index contributed by atoms with van der Waals surface area (Å²) in [5.41, 5.74) is 0.474. The van der Waals surface area contributed by atoms with Crippen molar-refractivity contribution in [3.63, 3.8) is 0 Å². The van der Waals surface area contributed by atoms with Crippen LogP contribution in [-0.4, -0.2) is 30.0 Å². The lowest BCUT2D eigenvalue weighted by atomic mass is 9.87. The Hall–Kier alpha value is -3.11. The lowest BCUT2D eigenvalue weighted by molar-refractivity contribution is -0.171. The summed E-state index contributed by atoms with van der Waals surface area (Å²) in [5, 5.41) is -0.943. The molecular formula is C23H19ClO4. The fourth-order valence-electron chi connectivity index (χ4n) is 2.96. The van der Waals surface area contributed by atoms with Crippen LogP contribution in [0.3, 0.4) is 0 Å². The van der Waals surface area contributed by atoms with Crippen LogP contribution >= 0.6 is 11.6 Å². The van der Waals surface area contributed by atoms with Gasteiger partial charge in [0, 0.05) is 6.08 Å². The average molecular weight is 395 g/mol. The minimum atomic E-state index is -1.76. The van der Waals surface area contributed by atoms with Crippen molar-refractivity contribution >= 4 is 35.2 Å². The van der Waals surface area contributed by atoms with E-state index in [4.69, 9.17) is 21.1 Å². The molecule has 4 nitrogen and oxygen atoms in total. The number of alkyl halides is 1. The molecule has 3 rings (SSSR count). The third kappa shape index (κ3) is 4.07. The van der Waals surface area contributed by atoms with E-state index < -0.39 is 22.9 Å². The Morgan fingerprint density at radius 3 is 2.36 bits per heavy atom. The molecule has 0 unspecified atom stereocenters. The highest BCUT2D eigenvalue weighted by Gasteiger charge is 2.52. The van der Waals surface area contributed by atoms with Crippen molar-refractivity contribution in [3.8, 4) is 0 Å². The molecule has 2 aromatic rings. The molecule has 0 N–H and O–H groups in total. The third-order valence-electron chi connectivity index (χ3n) is 4.35. The van der Waals surface area contributed by atoms with Crippen LogP contribution in [0.25, 0.3) is 11.6 Å². The largest absolute Gasteiger partial charge is 0.466 e. The molecule has 2 aromatic carbocycles. The number of hydrogen-bond acceptors (Lipinski definition) is 4. The second kappa shape index (κ2) is 8.72. The first-order chi connectivity index (χ1) is 13.6. The number of halogens is 1. The van der Waals surface area contributed by atoms with Crippen LogP contribution in [0, 0.1) is 0 Å². The zero-order valence-corrected chi connectivity index (χ0v) is 16.0. The van der Waals surface area contributed by atoms with Crippen molar-refractivity contribution in [3.05, 3.63) is 96.1 Å². The summed E-state index contributed by atoms with van der Waals surface area (Å²) < 4.78 is 10.3. The zero-order valence-electron chi connectivity index (χ0n) is 15.2. The van der Waals surface area contributed by atoms with E-state index in [0.29, 0.717) is 5.57 Å². The van der Waals surface area contributed by atoms with Gasteiger partial charge in [-0.2, -0.15) is 0 Å². The molecule has 28 heavy (non-hydrogen) atoms. The Labute approximate surface area is 168 Å². The van der Waals surface area contributed by atoms with E-state index in [9.17, 15) is 9.59 Å². The normalized spacial score (nSPS) is 22.1. The van der Waals surface area contributed by atoms with Gasteiger partial charge in [0.2, 0.25) is 5.60 Å². The van der Waals surface area contributed by atoms with Gasteiger partial charge in [-0.3, -0.25) is 0 Å². The predicted octanol–water partition coefficient (Wildman–Crippen LogP) is 4.42. The van der Waals surface area contributed by atoms with Gasteiger partial charge in [-0.25, -0.2) is 9.59 Å². The van der Waals surface area contributed by atoms with Crippen LogP contribution in [0.1, 0.15) is 11.1 Å². The van der Waals surface area contributed by atoms with Gasteiger partial charge in [-0.15, -0.1) is 11.6 Å². The molecule has 0 aromatic heterocycles. The maximum Gasteiger partial charge on any atom is 0.356 e. The number of esters is 2. The van der Waals surface area contributed by atoms with Crippen LogP contribution in [0.2, 0.25) is 0 Å². The van der Waals surface area contributed by atoms with Crippen molar-refractivity contribution < 1.29 is 19.1 Å². The fourth-order valence-corrected chi connectivity index (χ4v) is 3.35. The Morgan fingerprint density at radius 1 is 1.07 bits per heavy atom. The molecule has 1 heterocycles. The van der Waals surface area contributed by atoms with E-state index in [1.807, 2.05) is 66.7 Å². The number of cyclic esters (lactones) is 1. The molecule has 1 aliphatic rings. The topological polar surface area (TPSA) is 52.6 Å². The standard InChI is InChI=1S/C23H19ClO4/c1-27-22(26)23(15-9-8-12-17-10-4-2-5-11-17)21(24)19(16-20(25)28-23)18-13-6-3-7-14-18/h2-16,21H,1H3/b12-8+,15-9+/t21-,23-/m1/s1. The highest BCUT2D eigenvalue weighted by molar-refractivity contribution is 6.31. The quantitative estimate of drug-likeness (QED) is 0.428. The molecule has 0 amide bonds. The average Bonchev–Trinajstić information content (AvgIpc) is 2.74. The minimum absolute atomic E-state index is 0.501. The Balaban J connectivity index is 1.95. The first-order valence-corrected chi connectivity index (χ1v) is 9.14. The van der Waals surface area contributed by atoms with Gasteiger partial charge in [-0.05, 0) is 22.8 Å². The monoisotopic (exact) mass is 394 g/mol. The lowest BCUT2D eigenvalue weighted by Gasteiger charge is -2.35. The third-order valence-corrected chi connectivity index (χ3v) is 4.91. The number of ether oxygens (including phenoxy) is 2. The van der Waals surface area contributed by atoms with Crippen molar-refractivity contribution in [2.75, 3.05) is 7.11 Å². The number of hydrogen-bond donors (Lipinski definition) is 0. The number of carbonyl (C=O) groups is 2. The Bertz CT molecular complexity index is 932. The van der Waals surface area contributed by atoms with Gasteiger partial charge in [0.05, 0.1) is 7.11 Å². The van der Waals surface area contributed by atoms with Crippen molar-refractivity contribution in [2.24, 2.45) is 0 Å². The fraction of sp³-hybridized carbons (Fsp3) is 0.130. The molecule has 5 heteroatoms. The minimum Gasteiger partial charge on any atom is -0.466 e. The summed E-state index contributed by atoms with van der Waals surface area (Å²) in [6.07, 6.45) is 8.01. The molecule has 0 bridgehead atoms. The summed E-state index contributed by atoms with van der Waals surface area (Å²) >= 11 is 6.65. The number of methoxy groups -OCH3 is 1. The van der Waals surface area contributed by atoms with Gasteiger partial charge in [0.25, 0.3) is 0 Å². The molecule has 0 spiro atoms. The van der Waals surface area contributed by atoms with Gasteiger partial charge in [-0.1, -0.05) is 78.9 Å². The van der Waals surface area contributed by atoms with E-state index >= 15 is 0 Å². The maximum atomic E-state index is 12.6. The Morgan fingerprint density at radius 2 is 1.71 bits per heavy atom. The van der Waals surface area contributed by atoms with Crippen LogP contribution in [-0.2, 0) is 19.1 Å². The first kappa shape index (κ1) is 19.6. The van der Waals surface area contributed by atoms with Crippen molar-refractivity contribution in [1.29, 1.82) is 0 Å². The van der Waals surface area contributed by atoms with E-state index in [1.54, 1.807) is 12.2 Å². The zero-order chi connectivity index (χ0) is 20.0. The molecule has 0 fully saturated rings. The smallest absolute Gasteiger partial charge is 0.356 e. The van der Waals surface area contributed by atoms with Crippen LogP contribution < -0.4 is 0 Å². The van der Waals surface area contributed by atoms with E-state index in [0.717, 1.165) is 11.1 Å². The van der Waals surface area contributed by atoms with Crippen LogP contribution in [0.15, 0.2) is 85.0 Å². The van der Waals surface area contributed by atoms with Gasteiger partial charge < -0.3 is 9.47 Å². The molecule has 0 saturated heterocycles. The van der Waals surface area contributed by atoms with E-state index in [1.165, 1.54) is 19.3 Å². The number of benzene rings is 2. The van der Waals surface area contributed by atoms with Crippen LogP contribution in [0.5, 0.6) is 0 Å². The first-order valence-electron chi connectivity index (χ1n) is 8.70. The summed E-state index contributed by atoms with van der Waals surface area (Å²) in [6.45, 7) is 0. The Kier molecular flexibility index (Phi) is 6.12. The molecule has 142 valence electrons. The summed E-state index contributed by atoms with van der Waals surface area (Å²) in [7, 11) is 1.23. The second-order valence-corrected chi connectivity index (χ2v) is 6.60. The van der Waals surface area contributed by atoms with E-state index in [2.05, 4.69) is 0 Å². The SMILES string of the molecule is COC(=O)[C@]1(/C=C/C=C/c2ccccc2)OC(=O)C=C(c2ccccc2)[C@H]1Cl. The summed E-state index contributed by atoms with van der Waals surface area (Å²) in [6, 6.07) is 18.8. The van der Waals surface area contributed by atoms with E-state index in [-0.39, 0.29) is 0 Å². The highest BCUT2D eigenvalue weighted by Crippen LogP contribution is 2.38. The number of rotatable bonds is 5. The van der Waals surface area contributed by atoms with Crippen LogP contribution in [0.4, 0.5) is 0 Å². The lowest BCUT2D eigenvalue weighted by Crippen LogP contribution is -2.52. The molecule has 0 saturated carbocycles. The van der Waals surface area contributed by atoms with Gasteiger partial charge in [0.15, 0.2) is 0 Å². The van der Waals surface area contributed by atoms with Crippen molar-refractivity contribution in [1.82, 2.24) is 0 Å². The maximum absolute atomic E-state index is 12.6. The van der Waals surface area contributed by atoms with Crippen molar-refractivity contribution in [2.45, 2.75) is 11.0 Å². The molecule has 2 atom stereocenters. The summed E-state index contributed by atoms with van der Waals surface area (Å²) in [4.78, 5) is 24.9. The number of carbonyl (C=O) groups excluding carboxylic acids is 2. The van der Waals surface area contributed by atoms with Gasteiger partial charge >= 0.3 is 11.9 Å². The predicted molar refractivity (Wildman–Crippen MR) is 110 cm³/mol. The molecular weight excluding hydrogens is 376 g/mol. The second-order valence-electron chi connectivity index (χ2n) is 6.16. The number of allylic oxidation sites excluding steroid dienone is 2.